The number of hydrogen-bond acceptors (Lipinski definition) is 7. The lowest BCUT2D eigenvalue weighted by Gasteiger charge is -2.38. The van der Waals surface area contributed by atoms with Gasteiger partial charge >= 0.3 is 6.18 Å². The number of aromatic nitrogens is 3. The summed E-state index contributed by atoms with van der Waals surface area (Å²) in [6.07, 6.45) is -4.41. The van der Waals surface area contributed by atoms with Crippen molar-refractivity contribution in [1.29, 1.82) is 0 Å². The summed E-state index contributed by atoms with van der Waals surface area (Å²) in [5, 5.41) is 21.8. The molecule has 0 bridgehead atoms. The van der Waals surface area contributed by atoms with Crippen LogP contribution in [0.2, 0.25) is 0 Å². The summed E-state index contributed by atoms with van der Waals surface area (Å²) in [6, 6.07) is 12.0. The quantitative estimate of drug-likeness (QED) is 0.285. The molecule has 2 saturated heterocycles. The van der Waals surface area contributed by atoms with Gasteiger partial charge in [-0.15, -0.1) is 0 Å². The van der Waals surface area contributed by atoms with E-state index >= 15 is 0 Å². The number of carbonyl (C=O) groups is 1. The molecule has 0 radical (unpaired) electrons. The molecule has 3 aromatic rings. The van der Waals surface area contributed by atoms with E-state index in [2.05, 4.69) is 52.4 Å². The molecule has 3 heterocycles. The van der Waals surface area contributed by atoms with Crippen molar-refractivity contribution in [1.82, 2.24) is 30.5 Å². The van der Waals surface area contributed by atoms with E-state index in [1.807, 2.05) is 4.90 Å². The minimum absolute atomic E-state index is 0.222. The molecule has 202 valence electrons. The summed E-state index contributed by atoms with van der Waals surface area (Å²) in [6.45, 7) is 2.04. The number of hydroxylamine groups is 2. The zero-order valence-electron chi connectivity index (χ0n) is 19.9. The van der Waals surface area contributed by atoms with E-state index in [1.165, 1.54) is 6.07 Å². The van der Waals surface area contributed by atoms with Crippen molar-refractivity contribution >= 4 is 43.5 Å². The number of anilines is 1. The van der Waals surface area contributed by atoms with Gasteiger partial charge in [0.25, 0.3) is 5.91 Å². The summed E-state index contributed by atoms with van der Waals surface area (Å²) < 4.78 is 39.6. The van der Waals surface area contributed by atoms with Crippen LogP contribution in [0, 0.1) is 0 Å². The van der Waals surface area contributed by atoms with Crippen molar-refractivity contribution in [3.63, 3.8) is 0 Å². The number of rotatable bonds is 4. The Balaban J connectivity index is 1.35. The van der Waals surface area contributed by atoms with Crippen LogP contribution in [0.25, 0.3) is 11.4 Å². The number of benzene rings is 2. The van der Waals surface area contributed by atoms with Gasteiger partial charge in [-0.05, 0) is 24.3 Å². The van der Waals surface area contributed by atoms with Crippen LogP contribution >= 0.6 is 31.9 Å². The van der Waals surface area contributed by atoms with Crippen LogP contribution in [0.15, 0.2) is 48.5 Å². The van der Waals surface area contributed by atoms with Crippen molar-refractivity contribution in [2.24, 2.45) is 0 Å². The second kappa shape index (κ2) is 10.9. The van der Waals surface area contributed by atoms with E-state index in [9.17, 15) is 23.2 Å². The van der Waals surface area contributed by atoms with Crippen molar-refractivity contribution < 1.29 is 23.2 Å². The predicted octanol–water partition coefficient (Wildman–Crippen LogP) is 4.23. The number of piperazine rings is 2. The molecule has 1 amide bonds. The maximum atomic E-state index is 13.4. The third kappa shape index (κ3) is 5.59. The third-order valence-corrected chi connectivity index (χ3v) is 7.97. The summed E-state index contributed by atoms with van der Waals surface area (Å²) in [7, 11) is 0. The fraction of sp³-hybridized carbons (Fsp3) is 0.375. The van der Waals surface area contributed by atoms with E-state index in [1.54, 1.807) is 35.2 Å². The molecule has 2 aromatic carbocycles. The summed E-state index contributed by atoms with van der Waals surface area (Å²) >= 11 is 6.75. The maximum Gasteiger partial charge on any atom is 0.416 e. The minimum atomic E-state index is -4.41. The molecule has 14 heteroatoms. The molecule has 5 rings (SSSR count). The van der Waals surface area contributed by atoms with Crippen LogP contribution in [0.4, 0.5) is 18.9 Å². The first kappa shape index (κ1) is 27.1. The topological polar surface area (TPSA) is 101 Å². The molecule has 3 N–H and O–H groups in total. The fourth-order valence-electron chi connectivity index (χ4n) is 4.58. The van der Waals surface area contributed by atoms with Gasteiger partial charge in [0, 0.05) is 44.0 Å². The monoisotopic (exact) mass is 657 g/mol. The smallest absolute Gasteiger partial charge is 0.368 e. The van der Waals surface area contributed by atoms with Crippen LogP contribution in [-0.2, 0) is 6.18 Å². The summed E-state index contributed by atoms with van der Waals surface area (Å²) in [4.78, 5) is 20.7. The molecule has 38 heavy (non-hydrogen) atoms. The second-order valence-electron chi connectivity index (χ2n) is 9.05. The summed E-state index contributed by atoms with van der Waals surface area (Å²) in [5.74, 6) is 0.642. The van der Waals surface area contributed by atoms with Gasteiger partial charge in [-0.3, -0.25) is 9.89 Å². The second-order valence-corrected chi connectivity index (χ2v) is 11.2. The lowest BCUT2D eigenvalue weighted by molar-refractivity contribution is -0.137. The molecule has 2 fully saturated rings. The lowest BCUT2D eigenvalue weighted by Crippen LogP contribution is -2.54. The highest BCUT2D eigenvalue weighted by Crippen LogP contribution is 2.33. The highest BCUT2D eigenvalue weighted by atomic mass is 79.9. The molecular weight excluding hydrogens is 635 g/mol. The average molecular weight is 659 g/mol. The SMILES string of the molecule is O=C(c1ccccc1-c1n[nH]c(C2CN(c3cccc(C(F)(F)F)c3)CCN2)n1)N1CC(Br)N(O)C(Br)C1. The zero-order valence-corrected chi connectivity index (χ0v) is 23.0. The van der Waals surface area contributed by atoms with Crippen LogP contribution in [0.3, 0.4) is 0 Å². The number of alkyl halides is 5. The standard InChI is InChI=1S/C24H24Br2F3N7O2/c25-19-12-35(13-20(26)36(19)38)23(37)17-7-2-1-6-16(17)21-31-22(33-32-21)18-11-34(9-8-30-18)15-5-3-4-14(10-15)24(27,28)29/h1-7,10,18-20,30,38H,8-9,11-13H2,(H,31,32,33). The Morgan fingerprint density at radius 3 is 2.53 bits per heavy atom. The Hall–Kier alpha value is -2.52. The normalized spacial score (nSPS) is 23.1. The third-order valence-electron chi connectivity index (χ3n) is 6.55. The largest absolute Gasteiger partial charge is 0.416 e. The van der Waals surface area contributed by atoms with Gasteiger partial charge in [0.05, 0.1) is 17.2 Å². The molecule has 0 aliphatic carbocycles. The Morgan fingerprint density at radius 1 is 1.05 bits per heavy atom. The Bertz CT molecular complexity index is 1300. The highest BCUT2D eigenvalue weighted by Gasteiger charge is 2.35. The minimum Gasteiger partial charge on any atom is -0.368 e. The van der Waals surface area contributed by atoms with Gasteiger partial charge in [-0.1, -0.05) is 56.1 Å². The Morgan fingerprint density at radius 2 is 1.79 bits per heavy atom. The Kier molecular flexibility index (Phi) is 7.78. The Labute approximate surface area is 233 Å². The van der Waals surface area contributed by atoms with Gasteiger partial charge in [0.2, 0.25) is 0 Å². The number of halogens is 5. The zero-order chi connectivity index (χ0) is 27.0. The van der Waals surface area contributed by atoms with E-state index < -0.39 is 21.6 Å². The predicted molar refractivity (Wildman–Crippen MR) is 141 cm³/mol. The van der Waals surface area contributed by atoms with Gasteiger partial charge in [0.1, 0.15) is 15.7 Å². The first-order valence-corrected chi connectivity index (χ1v) is 13.7. The fourth-order valence-corrected chi connectivity index (χ4v) is 6.17. The van der Waals surface area contributed by atoms with Crippen molar-refractivity contribution in [3.8, 4) is 11.4 Å². The lowest BCUT2D eigenvalue weighted by atomic mass is 10.1. The van der Waals surface area contributed by atoms with E-state index in [0.717, 1.165) is 17.2 Å². The van der Waals surface area contributed by atoms with E-state index in [-0.39, 0.29) is 25.0 Å². The molecule has 0 spiro atoms. The van der Waals surface area contributed by atoms with Crippen LogP contribution < -0.4 is 10.2 Å². The highest BCUT2D eigenvalue weighted by molar-refractivity contribution is 9.10. The van der Waals surface area contributed by atoms with Crippen LogP contribution in [0.5, 0.6) is 0 Å². The van der Waals surface area contributed by atoms with E-state index in [0.29, 0.717) is 48.1 Å². The molecule has 1 aromatic heterocycles. The summed E-state index contributed by atoms with van der Waals surface area (Å²) in [5.41, 5.74) is 0.770. The number of aromatic amines is 1. The van der Waals surface area contributed by atoms with Crippen molar-refractivity contribution in [2.75, 3.05) is 37.6 Å². The number of amides is 1. The maximum absolute atomic E-state index is 13.4. The number of nitrogens with zero attached hydrogens (tertiary/aromatic N) is 5. The molecule has 2 aliphatic heterocycles. The van der Waals surface area contributed by atoms with Crippen LogP contribution in [-0.4, -0.2) is 78.9 Å². The van der Waals surface area contributed by atoms with E-state index in [4.69, 9.17) is 0 Å². The van der Waals surface area contributed by atoms with Gasteiger partial charge in [-0.25, -0.2) is 4.98 Å². The number of carbonyl (C=O) groups excluding carboxylic acids is 1. The van der Waals surface area contributed by atoms with Gasteiger partial charge in [-0.2, -0.15) is 23.3 Å². The molecule has 3 atom stereocenters. The number of hydrogen-bond donors (Lipinski definition) is 3. The number of H-pyrrole nitrogens is 1. The molecular formula is C24H24Br2F3N7O2. The van der Waals surface area contributed by atoms with Crippen molar-refractivity contribution in [3.05, 3.63) is 65.5 Å². The molecule has 2 aliphatic rings. The van der Waals surface area contributed by atoms with Crippen LogP contribution in [0.1, 0.15) is 27.8 Å². The average Bonchev–Trinajstić information content (AvgIpc) is 3.41. The van der Waals surface area contributed by atoms with Gasteiger partial charge in [0.15, 0.2) is 5.82 Å². The van der Waals surface area contributed by atoms with Gasteiger partial charge < -0.3 is 20.3 Å². The number of nitrogens with one attached hydrogen (secondary N) is 2. The first-order chi connectivity index (χ1) is 18.1. The van der Waals surface area contributed by atoms with Crippen molar-refractivity contribution in [2.45, 2.75) is 22.1 Å². The first-order valence-electron chi connectivity index (χ1n) is 11.8. The molecule has 0 saturated carbocycles. The molecule has 3 unspecified atom stereocenters. The molecule has 9 nitrogen and oxygen atoms in total.